The molecule has 0 aliphatic heterocycles. The summed E-state index contributed by atoms with van der Waals surface area (Å²) in [5.74, 6) is 3.13. The van der Waals surface area contributed by atoms with Crippen molar-refractivity contribution in [3.63, 3.8) is 0 Å². The predicted octanol–water partition coefficient (Wildman–Crippen LogP) is 3.01. The summed E-state index contributed by atoms with van der Waals surface area (Å²) >= 11 is 0. The van der Waals surface area contributed by atoms with Crippen molar-refractivity contribution in [2.24, 2.45) is 0 Å². The Morgan fingerprint density at radius 3 is 1.85 bits per heavy atom. The molecule has 7 heteroatoms. The normalized spacial score (nSPS) is 14.7. The van der Waals surface area contributed by atoms with Crippen LogP contribution in [-0.2, 0) is 48.6 Å². The van der Waals surface area contributed by atoms with Crippen molar-refractivity contribution in [2.75, 3.05) is 13.7 Å². The molecule has 0 amide bonds. The van der Waals surface area contributed by atoms with Gasteiger partial charge < -0.3 is 9.47 Å². The summed E-state index contributed by atoms with van der Waals surface area (Å²) in [5.41, 5.74) is 1.05. The monoisotopic (exact) mass is 542 g/mol. The molecule has 0 N–H and O–H groups in total. The molecule has 0 spiro atoms. The maximum Gasteiger partial charge on any atom is 0 e. The number of esters is 1. The maximum absolute atomic E-state index is 12.0. The second-order valence-corrected chi connectivity index (χ2v) is 4.62. The third-order valence-electron chi connectivity index (χ3n) is 3.51. The van der Waals surface area contributed by atoms with Gasteiger partial charge >= 0.3 is 39.9 Å². The Morgan fingerprint density at radius 2 is 1.44 bits per heavy atom. The van der Waals surface area contributed by atoms with Gasteiger partial charge in [0.1, 0.15) is 12.0 Å². The van der Waals surface area contributed by atoms with Crippen molar-refractivity contribution in [3.05, 3.63) is 85.6 Å². The van der Waals surface area contributed by atoms with E-state index in [0.29, 0.717) is 18.6 Å². The van der Waals surface area contributed by atoms with Gasteiger partial charge in [0.25, 0.3) is 0 Å². The van der Waals surface area contributed by atoms with Crippen LogP contribution in [0.2, 0.25) is 0 Å². The molecular weight excluding hydrogens is 522 g/mol. The number of carbonyl (C=O) groups is 1. The fraction of sp³-hybridized carbons (Fsp3) is 0.250. The SMILES string of the molecule is CCO[C]1[C](C(=O)OC)[C](C)[C](C)[C]1c1ccccc1.[C-]#[O+].[C-]#[O+].[C-]#[O+].[Re]. The molecule has 2 rings (SSSR count). The Bertz CT molecular complexity index is 555. The smallest absolute Gasteiger partial charge is 0 e. The molecule has 0 saturated heterocycles. The van der Waals surface area contributed by atoms with Gasteiger partial charge in [0.15, 0.2) is 0 Å². The molecule has 0 aromatic heterocycles. The first-order valence-corrected chi connectivity index (χ1v) is 7.29. The van der Waals surface area contributed by atoms with Crippen LogP contribution in [-0.4, -0.2) is 19.7 Å². The molecule has 6 nitrogen and oxygen atoms in total. The molecule has 0 atom stereocenters. The van der Waals surface area contributed by atoms with Crippen molar-refractivity contribution in [3.8, 4) is 0 Å². The zero-order valence-electron chi connectivity index (χ0n) is 15.4. The van der Waals surface area contributed by atoms with Crippen molar-refractivity contribution in [1.82, 2.24) is 0 Å². The first-order chi connectivity index (χ1) is 12.6. The third kappa shape index (κ3) is 7.97. The molecule has 27 heavy (non-hydrogen) atoms. The Balaban J connectivity index is -0.000000749. The molecule has 0 bridgehead atoms. The zero-order chi connectivity index (χ0) is 20.7. The van der Waals surface area contributed by atoms with E-state index in [1.54, 1.807) is 0 Å². The molecule has 0 unspecified atom stereocenters. The number of hydrogen-bond donors (Lipinski definition) is 0. The van der Waals surface area contributed by atoms with Gasteiger partial charge in [0.2, 0.25) is 0 Å². The Morgan fingerprint density at radius 1 is 0.963 bits per heavy atom. The minimum Gasteiger partial charge on any atom is 0 e. The zero-order valence-corrected chi connectivity index (χ0v) is 18.1. The van der Waals surface area contributed by atoms with E-state index in [2.05, 4.69) is 20.0 Å². The van der Waals surface area contributed by atoms with Gasteiger partial charge in [-0.05, 0) is 18.4 Å². The van der Waals surface area contributed by atoms with E-state index >= 15 is 0 Å². The largest absolute Gasteiger partial charge is 0 e. The molecule has 1 fully saturated rings. The summed E-state index contributed by atoms with van der Waals surface area (Å²) in [6.45, 7) is 19.9. The van der Waals surface area contributed by atoms with E-state index < -0.39 is 0 Å². The molecule has 1 aromatic rings. The Kier molecular flexibility index (Phi) is 20.1. The van der Waals surface area contributed by atoms with Crippen molar-refractivity contribution in [2.45, 2.75) is 20.8 Å². The summed E-state index contributed by atoms with van der Waals surface area (Å²) in [7, 11) is 1.39. The van der Waals surface area contributed by atoms with Crippen LogP contribution < -0.4 is 0 Å². The molecule has 1 aromatic carbocycles. The molecule has 0 heterocycles. The summed E-state index contributed by atoms with van der Waals surface area (Å²) in [4.78, 5) is 12.0. The standard InChI is InChI=1S/C17H19O3.3CO.Re/c1-5-20-16-14(13-9-7-6-8-10-13)11(2)12(3)15(16)17(18)19-4;3*1-2;/h6-10H,5H2,1-4H3;;;;. The Labute approximate surface area is 174 Å². The fourth-order valence-electron chi connectivity index (χ4n) is 2.43. The molecule has 1 aliphatic carbocycles. The minimum absolute atomic E-state index is 0. The molecule has 142 valence electrons. The van der Waals surface area contributed by atoms with Crippen LogP contribution in [0.15, 0.2) is 30.3 Å². The van der Waals surface area contributed by atoms with Crippen LogP contribution in [0.4, 0.5) is 0 Å². The van der Waals surface area contributed by atoms with Gasteiger partial charge in [-0.15, -0.1) is 0 Å². The van der Waals surface area contributed by atoms with Crippen LogP contribution in [0.3, 0.4) is 0 Å². The molecular formula is C20H19O6Re. The van der Waals surface area contributed by atoms with Gasteiger partial charge in [0, 0.05) is 38.9 Å². The fourth-order valence-corrected chi connectivity index (χ4v) is 2.43. The van der Waals surface area contributed by atoms with E-state index in [0.717, 1.165) is 23.3 Å². The quantitative estimate of drug-likeness (QED) is 0.333. The van der Waals surface area contributed by atoms with E-state index in [4.69, 9.17) is 23.4 Å². The van der Waals surface area contributed by atoms with Crippen LogP contribution in [0.1, 0.15) is 26.3 Å². The summed E-state index contributed by atoms with van der Waals surface area (Å²) in [6.07, 6.45) is 0.626. The predicted molar refractivity (Wildman–Crippen MR) is 88.5 cm³/mol. The summed E-state index contributed by atoms with van der Waals surface area (Å²) in [5, 5.41) is 0. The maximum atomic E-state index is 12.0. The number of ether oxygens (including phenoxy) is 2. The number of benzene rings is 1. The third-order valence-corrected chi connectivity index (χ3v) is 3.51. The van der Waals surface area contributed by atoms with Crippen molar-refractivity contribution in [1.29, 1.82) is 0 Å². The number of carbonyl (C=O) groups excluding carboxylic acids is 1. The van der Waals surface area contributed by atoms with E-state index in [9.17, 15) is 4.79 Å². The van der Waals surface area contributed by atoms with Crippen LogP contribution in [0.25, 0.3) is 0 Å². The van der Waals surface area contributed by atoms with Gasteiger partial charge in [-0.1, -0.05) is 44.2 Å². The topological polar surface area (TPSA) is 95.2 Å². The second kappa shape index (κ2) is 17.9. The summed E-state index contributed by atoms with van der Waals surface area (Å²) < 4.78 is 33.1. The van der Waals surface area contributed by atoms with Crippen LogP contribution >= 0.6 is 0 Å². The van der Waals surface area contributed by atoms with Crippen molar-refractivity contribution < 1.29 is 48.6 Å². The second-order valence-electron chi connectivity index (χ2n) is 4.62. The van der Waals surface area contributed by atoms with Crippen LogP contribution in [0, 0.1) is 49.7 Å². The number of rotatable bonds is 4. The van der Waals surface area contributed by atoms with Gasteiger partial charge in [-0.2, -0.15) is 0 Å². The molecule has 6 radical (unpaired) electrons. The average Bonchev–Trinajstić information content (AvgIpc) is 2.97. The van der Waals surface area contributed by atoms with E-state index in [1.807, 2.05) is 51.1 Å². The molecule has 1 aliphatic rings. The van der Waals surface area contributed by atoms with Gasteiger partial charge in [0.05, 0.1) is 7.11 Å². The number of hydrogen-bond acceptors (Lipinski definition) is 3. The van der Waals surface area contributed by atoms with E-state index in [-0.39, 0.29) is 26.4 Å². The van der Waals surface area contributed by atoms with Gasteiger partial charge in [-0.3, -0.25) is 4.79 Å². The first kappa shape index (κ1) is 30.3. The summed E-state index contributed by atoms with van der Waals surface area (Å²) in [6, 6.07) is 9.96. The number of methoxy groups -OCH3 is 1. The minimum atomic E-state index is -0.351. The first-order valence-electron chi connectivity index (χ1n) is 7.29. The van der Waals surface area contributed by atoms with Crippen molar-refractivity contribution >= 4 is 5.97 Å². The Hall–Kier alpha value is -1.47. The average molecular weight is 542 g/mol. The molecule has 1 saturated carbocycles. The van der Waals surface area contributed by atoms with Crippen LogP contribution in [0.5, 0.6) is 0 Å². The van der Waals surface area contributed by atoms with E-state index in [1.165, 1.54) is 7.11 Å². The van der Waals surface area contributed by atoms with Gasteiger partial charge in [-0.25, -0.2) is 0 Å².